The maximum Gasteiger partial charge on any atom is 0.251 e. The van der Waals surface area contributed by atoms with E-state index in [0.717, 1.165) is 5.56 Å². The summed E-state index contributed by atoms with van der Waals surface area (Å²) in [5.41, 5.74) is 4.44. The van der Waals surface area contributed by atoms with E-state index >= 15 is 0 Å². The molecular formula is C33H44N6O5. The number of imidazole rings is 1. The Bertz CT molecular complexity index is 1350. The number of amides is 3. The van der Waals surface area contributed by atoms with Crippen LogP contribution in [0.1, 0.15) is 56.5 Å². The maximum absolute atomic E-state index is 14.6. The third-order valence-electron chi connectivity index (χ3n) is 7.55. The van der Waals surface area contributed by atoms with Crippen molar-refractivity contribution < 1.29 is 24.0 Å². The van der Waals surface area contributed by atoms with Crippen LogP contribution in [0.15, 0.2) is 79.4 Å². The van der Waals surface area contributed by atoms with Crippen molar-refractivity contribution in [2.75, 3.05) is 6.54 Å². The lowest BCUT2D eigenvalue weighted by atomic mass is 9.61. The molecule has 44 heavy (non-hydrogen) atoms. The zero-order valence-corrected chi connectivity index (χ0v) is 25.9. The highest BCUT2D eigenvalue weighted by Gasteiger charge is 2.54. The summed E-state index contributed by atoms with van der Waals surface area (Å²) in [5, 5.41) is 2.92. The average Bonchev–Trinajstić information content (AvgIpc) is 3.52. The summed E-state index contributed by atoms with van der Waals surface area (Å²) in [5.74, 6) is 1.29. The Labute approximate surface area is 258 Å². The first-order chi connectivity index (χ1) is 21.1. The number of carbonyl (C=O) groups is 4. The third-order valence-corrected chi connectivity index (χ3v) is 7.55. The number of benzene rings is 2. The molecule has 3 rings (SSSR count). The molecule has 3 amide bonds. The summed E-state index contributed by atoms with van der Waals surface area (Å²) in [6, 6.07) is 17.9. The zero-order chi connectivity index (χ0) is 32.1. The van der Waals surface area contributed by atoms with E-state index in [4.69, 9.17) is 10.7 Å². The Morgan fingerprint density at radius 3 is 2.16 bits per heavy atom. The quantitative estimate of drug-likeness (QED) is 0.104. The Morgan fingerprint density at radius 2 is 1.59 bits per heavy atom. The molecule has 1 unspecified atom stereocenters. The highest BCUT2D eigenvalue weighted by atomic mass is 16.6. The van der Waals surface area contributed by atoms with Crippen molar-refractivity contribution in [1.29, 1.82) is 0 Å². The second kappa shape index (κ2) is 16.5. The van der Waals surface area contributed by atoms with Gasteiger partial charge in [0, 0.05) is 24.5 Å². The molecule has 0 radical (unpaired) electrons. The Balaban J connectivity index is 2.12. The van der Waals surface area contributed by atoms with Crippen molar-refractivity contribution in [3.05, 3.63) is 90.5 Å². The van der Waals surface area contributed by atoms with Gasteiger partial charge < -0.3 is 9.88 Å². The Morgan fingerprint density at radius 1 is 0.932 bits per heavy atom. The minimum absolute atomic E-state index is 0.0303. The molecule has 5 N–H and O–H groups in total. The fourth-order valence-corrected chi connectivity index (χ4v) is 5.71. The summed E-state index contributed by atoms with van der Waals surface area (Å²) < 4.78 is 1.61. The van der Waals surface area contributed by atoms with Crippen molar-refractivity contribution in [2.45, 2.75) is 53.7 Å². The number of Topliss-reactive ketones (excluding diaryl/α,β-unsaturated/α-hetero) is 1. The van der Waals surface area contributed by atoms with Crippen molar-refractivity contribution >= 4 is 23.5 Å². The van der Waals surface area contributed by atoms with Gasteiger partial charge in [-0.15, -0.1) is 0 Å². The van der Waals surface area contributed by atoms with E-state index in [1.165, 1.54) is 6.33 Å². The van der Waals surface area contributed by atoms with E-state index in [9.17, 15) is 19.2 Å². The number of aromatic nitrogens is 2. The first kappa shape index (κ1) is 34.1. The fraction of sp³-hybridized carbons (Fsp3) is 0.424. The van der Waals surface area contributed by atoms with Crippen molar-refractivity contribution in [2.24, 2.45) is 34.9 Å². The number of hydroxylamine groups is 1. The molecule has 0 spiro atoms. The smallest absolute Gasteiger partial charge is 0.251 e. The number of rotatable bonds is 17. The van der Waals surface area contributed by atoms with E-state index in [1.807, 2.05) is 58.0 Å². The monoisotopic (exact) mass is 604 g/mol. The number of nitrogens with zero attached hydrogens (tertiary/aromatic N) is 2. The molecule has 2 aromatic carbocycles. The molecule has 1 aromatic heterocycles. The lowest BCUT2D eigenvalue weighted by Crippen LogP contribution is -2.59. The molecule has 0 saturated carbocycles. The lowest BCUT2D eigenvalue weighted by Gasteiger charge is -2.43. The molecule has 0 fully saturated rings. The number of hydrogen-bond donors (Lipinski definition) is 4. The van der Waals surface area contributed by atoms with Crippen LogP contribution < -0.4 is 22.1 Å². The molecule has 3 atom stereocenters. The molecule has 236 valence electrons. The molecule has 1 heterocycles. The Kier molecular flexibility index (Phi) is 12.8. The minimum atomic E-state index is -1.53. The predicted octanol–water partition coefficient (Wildman–Crippen LogP) is 3.43. The number of carbonyl (C=O) groups excluding carboxylic acids is 4. The van der Waals surface area contributed by atoms with Crippen LogP contribution in [0.5, 0.6) is 0 Å². The Hall–Kier alpha value is -4.35. The number of nitrogens with two attached hydrogens (primary N) is 1. The van der Waals surface area contributed by atoms with Crippen LogP contribution in [-0.2, 0) is 32.4 Å². The summed E-state index contributed by atoms with van der Waals surface area (Å²) in [6.07, 6.45) is 5.16. The van der Waals surface area contributed by atoms with E-state index in [2.05, 4.69) is 21.2 Å². The summed E-state index contributed by atoms with van der Waals surface area (Å²) in [4.78, 5) is 65.3. The molecule has 0 aliphatic rings. The molecule has 11 heteroatoms. The van der Waals surface area contributed by atoms with Gasteiger partial charge >= 0.3 is 0 Å². The molecule has 0 aliphatic heterocycles. The van der Waals surface area contributed by atoms with Crippen LogP contribution in [0, 0.1) is 29.1 Å². The van der Waals surface area contributed by atoms with Crippen LogP contribution in [0.25, 0.3) is 0 Å². The van der Waals surface area contributed by atoms with Gasteiger partial charge in [-0.3, -0.25) is 29.4 Å². The van der Waals surface area contributed by atoms with Crippen LogP contribution in [0.4, 0.5) is 0 Å². The number of hydrogen-bond acceptors (Lipinski definition) is 7. The molecule has 0 aliphatic carbocycles. The van der Waals surface area contributed by atoms with Crippen molar-refractivity contribution in [1.82, 2.24) is 25.8 Å². The fourth-order valence-electron chi connectivity index (χ4n) is 5.71. The third kappa shape index (κ3) is 9.32. The van der Waals surface area contributed by atoms with Gasteiger partial charge in [-0.1, -0.05) is 76.2 Å². The second-order valence-corrected chi connectivity index (χ2v) is 11.9. The van der Waals surface area contributed by atoms with E-state index in [1.54, 1.807) is 47.3 Å². The van der Waals surface area contributed by atoms with E-state index < -0.39 is 35.0 Å². The summed E-state index contributed by atoms with van der Waals surface area (Å²) in [7, 11) is 0. The van der Waals surface area contributed by atoms with Gasteiger partial charge in [-0.05, 0) is 42.4 Å². The van der Waals surface area contributed by atoms with Crippen molar-refractivity contribution in [3.8, 4) is 0 Å². The number of ketones is 1. The van der Waals surface area contributed by atoms with Gasteiger partial charge in [0.05, 0.1) is 36.7 Å². The standard InChI is InChI=1S/C33H44N6O5/c1-23(2)17-27(31(42)37-34)29(32(43)38-44-20-25-11-7-5-8-12-25)33(18-24(3)4,28(40)19-39-16-15-35-22-39)21-36-30(41)26-13-9-6-10-14-26/h5-16,22-24,27,29H,17-21,34H2,1-4H3,(H,36,41)(H,37,42)(H,38,43)/t27-,29-,33?/m1/s1. The normalized spacial score (nSPS) is 14.0. The van der Waals surface area contributed by atoms with E-state index in [-0.39, 0.29) is 50.2 Å². The number of nitrogens with one attached hydrogen (secondary N) is 3. The zero-order valence-electron chi connectivity index (χ0n) is 25.9. The van der Waals surface area contributed by atoms with Gasteiger partial charge in [-0.2, -0.15) is 0 Å². The highest BCUT2D eigenvalue weighted by molar-refractivity contribution is 5.97. The van der Waals surface area contributed by atoms with Crippen LogP contribution >= 0.6 is 0 Å². The average molecular weight is 605 g/mol. The minimum Gasteiger partial charge on any atom is -0.351 e. The van der Waals surface area contributed by atoms with Crippen LogP contribution in [-0.4, -0.2) is 39.6 Å². The predicted molar refractivity (Wildman–Crippen MR) is 166 cm³/mol. The SMILES string of the molecule is CC(C)C[C@@H](C(=O)NN)[C@H](C(=O)NOCc1ccccc1)C(CNC(=O)c1ccccc1)(CC(C)C)C(=O)Cn1ccnc1. The van der Waals surface area contributed by atoms with Gasteiger partial charge in [0.15, 0.2) is 5.78 Å². The maximum atomic E-state index is 14.6. The molecule has 0 saturated heterocycles. The lowest BCUT2D eigenvalue weighted by molar-refractivity contribution is -0.157. The van der Waals surface area contributed by atoms with Crippen LogP contribution in [0.3, 0.4) is 0 Å². The van der Waals surface area contributed by atoms with Crippen LogP contribution in [0.2, 0.25) is 0 Å². The number of hydrazine groups is 1. The highest BCUT2D eigenvalue weighted by Crippen LogP contribution is 2.43. The van der Waals surface area contributed by atoms with Crippen molar-refractivity contribution in [3.63, 3.8) is 0 Å². The molecule has 3 aromatic rings. The molecule has 11 nitrogen and oxygen atoms in total. The second-order valence-electron chi connectivity index (χ2n) is 11.9. The molecular weight excluding hydrogens is 560 g/mol. The van der Waals surface area contributed by atoms with Gasteiger partial charge in [0.25, 0.3) is 5.91 Å². The molecule has 0 bridgehead atoms. The largest absolute Gasteiger partial charge is 0.351 e. The first-order valence-corrected chi connectivity index (χ1v) is 14.9. The van der Waals surface area contributed by atoms with Gasteiger partial charge in [0.1, 0.15) is 0 Å². The topological polar surface area (TPSA) is 157 Å². The van der Waals surface area contributed by atoms with Gasteiger partial charge in [-0.25, -0.2) is 16.3 Å². The van der Waals surface area contributed by atoms with E-state index in [0.29, 0.717) is 5.56 Å². The summed E-state index contributed by atoms with van der Waals surface area (Å²) in [6.45, 7) is 7.46. The summed E-state index contributed by atoms with van der Waals surface area (Å²) >= 11 is 0. The van der Waals surface area contributed by atoms with Gasteiger partial charge in [0.2, 0.25) is 11.8 Å². The first-order valence-electron chi connectivity index (χ1n) is 14.9.